The SMILES string of the molecule is C=C(CCC1(CCC)Cc2ccccc2[C@H]1NC(=O)OC(C)(C)C)c1ncc(Br)cc1C(=O)OC. The van der Waals surface area contributed by atoms with Crippen molar-refractivity contribution in [3.05, 3.63) is 70.0 Å². The van der Waals surface area contributed by atoms with Crippen molar-refractivity contribution in [1.82, 2.24) is 10.3 Å². The Bertz CT molecular complexity index is 1110. The fourth-order valence-electron chi connectivity index (χ4n) is 5.04. The molecule has 1 aromatic carbocycles. The van der Waals surface area contributed by atoms with Crippen molar-refractivity contribution in [3.63, 3.8) is 0 Å². The molecule has 0 fully saturated rings. The summed E-state index contributed by atoms with van der Waals surface area (Å²) < 4.78 is 11.3. The zero-order chi connectivity index (χ0) is 25.8. The second-order valence-electron chi connectivity index (χ2n) is 10.2. The number of ether oxygens (including phenoxy) is 2. The maximum atomic E-state index is 12.8. The van der Waals surface area contributed by atoms with E-state index in [9.17, 15) is 9.59 Å². The van der Waals surface area contributed by atoms with Gasteiger partial charge in [0.1, 0.15) is 5.60 Å². The molecule has 6 nitrogen and oxygen atoms in total. The topological polar surface area (TPSA) is 77.5 Å². The Labute approximate surface area is 216 Å². The van der Waals surface area contributed by atoms with Crippen LogP contribution in [-0.4, -0.2) is 29.8 Å². The van der Waals surface area contributed by atoms with E-state index >= 15 is 0 Å². The van der Waals surface area contributed by atoms with Crippen molar-refractivity contribution in [2.45, 2.75) is 71.4 Å². The monoisotopic (exact) mass is 542 g/mol. The highest BCUT2D eigenvalue weighted by atomic mass is 79.9. The van der Waals surface area contributed by atoms with Crippen LogP contribution in [0.1, 0.15) is 86.6 Å². The Balaban J connectivity index is 1.90. The van der Waals surface area contributed by atoms with Gasteiger partial charge in [0.05, 0.1) is 24.4 Å². The van der Waals surface area contributed by atoms with Gasteiger partial charge in [0, 0.05) is 10.7 Å². The van der Waals surface area contributed by atoms with Crippen LogP contribution in [0.25, 0.3) is 5.57 Å². The summed E-state index contributed by atoms with van der Waals surface area (Å²) in [5, 5.41) is 3.19. The number of nitrogens with one attached hydrogen (secondary N) is 1. The van der Waals surface area contributed by atoms with Crippen LogP contribution in [0.2, 0.25) is 0 Å². The molecule has 35 heavy (non-hydrogen) atoms. The minimum atomic E-state index is -0.582. The first-order chi connectivity index (χ1) is 16.5. The predicted octanol–water partition coefficient (Wildman–Crippen LogP) is 7.03. The van der Waals surface area contributed by atoms with E-state index in [2.05, 4.69) is 51.9 Å². The van der Waals surface area contributed by atoms with Gasteiger partial charge in [-0.3, -0.25) is 4.98 Å². The zero-order valence-electron chi connectivity index (χ0n) is 21.2. The van der Waals surface area contributed by atoms with Crippen LogP contribution < -0.4 is 5.32 Å². The quantitative estimate of drug-likeness (QED) is 0.362. The highest BCUT2D eigenvalue weighted by molar-refractivity contribution is 9.10. The number of benzene rings is 1. The van der Waals surface area contributed by atoms with Crippen LogP contribution in [0.5, 0.6) is 0 Å². The summed E-state index contributed by atoms with van der Waals surface area (Å²) >= 11 is 3.38. The fourth-order valence-corrected chi connectivity index (χ4v) is 5.37. The highest BCUT2D eigenvalue weighted by Crippen LogP contribution is 2.52. The first-order valence-electron chi connectivity index (χ1n) is 12.0. The van der Waals surface area contributed by atoms with Crippen LogP contribution in [0.4, 0.5) is 4.79 Å². The summed E-state index contributed by atoms with van der Waals surface area (Å²) in [7, 11) is 1.36. The van der Waals surface area contributed by atoms with Gasteiger partial charge >= 0.3 is 12.1 Å². The molecule has 1 aliphatic rings. The van der Waals surface area contributed by atoms with Crippen molar-refractivity contribution >= 4 is 33.6 Å². The van der Waals surface area contributed by atoms with Crippen LogP contribution in [0.3, 0.4) is 0 Å². The van der Waals surface area contributed by atoms with E-state index in [1.807, 2.05) is 32.9 Å². The zero-order valence-corrected chi connectivity index (χ0v) is 22.8. The molecule has 1 amide bonds. The van der Waals surface area contributed by atoms with Crippen molar-refractivity contribution in [2.24, 2.45) is 5.41 Å². The maximum absolute atomic E-state index is 12.8. The molecule has 0 radical (unpaired) electrons. The first kappa shape index (κ1) is 26.9. The van der Waals surface area contributed by atoms with Crippen molar-refractivity contribution < 1.29 is 19.1 Å². The summed E-state index contributed by atoms with van der Waals surface area (Å²) in [6.45, 7) is 12.0. The van der Waals surface area contributed by atoms with Crippen LogP contribution in [0.15, 0.2) is 47.6 Å². The number of hydrogen-bond acceptors (Lipinski definition) is 5. The molecule has 0 saturated heterocycles. The number of nitrogens with zero attached hydrogens (tertiary/aromatic N) is 1. The lowest BCUT2D eigenvalue weighted by molar-refractivity contribution is 0.0434. The van der Waals surface area contributed by atoms with Gasteiger partial charge in [-0.05, 0) is 90.6 Å². The second-order valence-corrected chi connectivity index (χ2v) is 11.1. The molecular weight excluding hydrogens is 508 g/mol. The number of carbonyl (C=O) groups is 2. The normalized spacial score (nSPS) is 19.1. The molecule has 7 heteroatoms. The Morgan fingerprint density at radius 2 is 1.97 bits per heavy atom. The minimum Gasteiger partial charge on any atom is -0.465 e. The third-order valence-corrected chi connectivity index (χ3v) is 6.88. The third kappa shape index (κ3) is 6.31. The number of rotatable bonds is 8. The molecule has 0 saturated carbocycles. The Morgan fingerprint density at radius 3 is 2.63 bits per heavy atom. The minimum absolute atomic E-state index is 0.181. The summed E-state index contributed by atoms with van der Waals surface area (Å²) in [5.41, 5.74) is 3.27. The largest absolute Gasteiger partial charge is 0.465 e. The van der Waals surface area contributed by atoms with Crippen molar-refractivity contribution in [2.75, 3.05) is 7.11 Å². The Morgan fingerprint density at radius 1 is 1.26 bits per heavy atom. The van der Waals surface area contributed by atoms with Crippen LogP contribution in [-0.2, 0) is 15.9 Å². The summed E-state index contributed by atoms with van der Waals surface area (Å²) in [6.07, 6.45) is 5.38. The van der Waals surface area contributed by atoms with E-state index in [1.54, 1.807) is 12.3 Å². The average Bonchev–Trinajstić information content (AvgIpc) is 3.09. The van der Waals surface area contributed by atoms with E-state index < -0.39 is 17.7 Å². The molecule has 0 bridgehead atoms. The van der Waals surface area contributed by atoms with Gasteiger partial charge in [0.2, 0.25) is 0 Å². The third-order valence-electron chi connectivity index (χ3n) is 6.45. The number of alkyl carbamates (subject to hydrolysis) is 1. The summed E-state index contributed by atoms with van der Waals surface area (Å²) in [6, 6.07) is 9.81. The molecule has 1 aromatic heterocycles. The molecule has 0 aliphatic heterocycles. The maximum Gasteiger partial charge on any atom is 0.408 e. The fraction of sp³-hybridized carbons (Fsp3) is 0.464. The second kappa shape index (κ2) is 10.9. The Hall–Kier alpha value is -2.67. The molecular formula is C28H35BrN2O4. The van der Waals surface area contributed by atoms with Gasteiger partial charge < -0.3 is 14.8 Å². The van der Waals surface area contributed by atoms with Crippen molar-refractivity contribution in [3.8, 4) is 0 Å². The molecule has 1 aliphatic carbocycles. The molecule has 2 atom stereocenters. The summed E-state index contributed by atoms with van der Waals surface area (Å²) in [5.74, 6) is -0.448. The van der Waals surface area contributed by atoms with E-state index in [0.29, 0.717) is 22.2 Å². The van der Waals surface area contributed by atoms with Gasteiger partial charge in [0.25, 0.3) is 0 Å². The number of pyridine rings is 1. The lowest BCUT2D eigenvalue weighted by atomic mass is 9.72. The van der Waals surface area contributed by atoms with E-state index in [0.717, 1.165) is 36.8 Å². The summed E-state index contributed by atoms with van der Waals surface area (Å²) in [4.78, 5) is 29.7. The first-order valence-corrected chi connectivity index (χ1v) is 12.8. The smallest absolute Gasteiger partial charge is 0.408 e. The van der Waals surface area contributed by atoms with E-state index in [-0.39, 0.29) is 11.5 Å². The average molecular weight is 544 g/mol. The van der Waals surface area contributed by atoms with Gasteiger partial charge in [-0.25, -0.2) is 9.59 Å². The standard InChI is InChI=1S/C28H35BrN2O4/c1-7-13-28(14-12-18(2)23-22(25(32)34-6)15-20(29)17-30-23)16-19-10-8-9-11-21(19)24(28)31-26(33)35-27(3,4)5/h8-11,15,17,24H,2,7,12-14,16H2,1,3-6H3,(H,31,33)/t24-,28?/m1/s1. The number of carbonyl (C=O) groups excluding carboxylic acids is 2. The molecule has 188 valence electrons. The lowest BCUT2D eigenvalue weighted by Crippen LogP contribution is -2.41. The van der Waals surface area contributed by atoms with Crippen LogP contribution in [0, 0.1) is 5.41 Å². The number of methoxy groups -OCH3 is 1. The van der Waals surface area contributed by atoms with Gasteiger partial charge in [0.15, 0.2) is 0 Å². The number of hydrogen-bond donors (Lipinski definition) is 1. The molecule has 1 heterocycles. The van der Waals surface area contributed by atoms with Crippen LogP contribution >= 0.6 is 15.9 Å². The highest BCUT2D eigenvalue weighted by Gasteiger charge is 2.46. The predicted molar refractivity (Wildman–Crippen MR) is 141 cm³/mol. The Kier molecular flexibility index (Phi) is 8.42. The number of fused-ring (bicyclic) bond motifs is 1. The number of amides is 1. The molecule has 0 spiro atoms. The lowest BCUT2D eigenvalue weighted by Gasteiger charge is -2.37. The molecule has 3 rings (SSSR count). The molecule has 2 aromatic rings. The van der Waals surface area contributed by atoms with Gasteiger partial charge in [-0.2, -0.15) is 0 Å². The van der Waals surface area contributed by atoms with Crippen molar-refractivity contribution in [1.29, 1.82) is 0 Å². The van der Waals surface area contributed by atoms with E-state index in [4.69, 9.17) is 9.47 Å². The number of aromatic nitrogens is 1. The number of esters is 1. The number of allylic oxidation sites excluding steroid dienone is 1. The molecule has 1 N–H and O–H groups in total. The van der Waals surface area contributed by atoms with Gasteiger partial charge in [-0.1, -0.05) is 44.2 Å². The molecule has 1 unspecified atom stereocenters. The number of halogens is 1. The van der Waals surface area contributed by atoms with E-state index in [1.165, 1.54) is 12.7 Å². The van der Waals surface area contributed by atoms with Gasteiger partial charge in [-0.15, -0.1) is 0 Å².